The predicted octanol–water partition coefficient (Wildman–Crippen LogP) is 4.74. The number of nitrogens with one attached hydrogen (secondary N) is 1. The molecule has 0 radical (unpaired) electrons. The topological polar surface area (TPSA) is 49.4 Å². The SMILES string of the molecule is CCNC(=O)C(C)N(Cc1ccc(Cl)cc1Cl)C(=O)Cc1ccc(Cl)cc1. The van der Waals surface area contributed by atoms with Crippen LogP contribution in [0.1, 0.15) is 25.0 Å². The molecule has 0 aromatic heterocycles. The van der Waals surface area contributed by atoms with Gasteiger partial charge >= 0.3 is 0 Å². The quantitative estimate of drug-likeness (QED) is 0.693. The Hall–Kier alpha value is -1.75. The van der Waals surface area contributed by atoms with Gasteiger partial charge in [-0.15, -0.1) is 0 Å². The number of hydrogen-bond acceptors (Lipinski definition) is 2. The van der Waals surface area contributed by atoms with Crippen LogP contribution in [0.4, 0.5) is 0 Å². The van der Waals surface area contributed by atoms with Gasteiger partial charge in [-0.25, -0.2) is 0 Å². The smallest absolute Gasteiger partial charge is 0.242 e. The van der Waals surface area contributed by atoms with Crippen LogP contribution in [-0.2, 0) is 22.6 Å². The highest BCUT2D eigenvalue weighted by molar-refractivity contribution is 6.35. The van der Waals surface area contributed by atoms with Crippen molar-refractivity contribution in [3.8, 4) is 0 Å². The molecule has 2 aromatic carbocycles. The molecule has 2 amide bonds. The lowest BCUT2D eigenvalue weighted by Crippen LogP contribution is -2.48. The van der Waals surface area contributed by atoms with Gasteiger partial charge in [0.2, 0.25) is 11.8 Å². The molecule has 0 aliphatic heterocycles. The summed E-state index contributed by atoms with van der Waals surface area (Å²) < 4.78 is 0. The molecular formula is C20H21Cl3N2O2. The molecular weight excluding hydrogens is 407 g/mol. The second kappa shape index (κ2) is 9.98. The molecule has 27 heavy (non-hydrogen) atoms. The summed E-state index contributed by atoms with van der Waals surface area (Å²) in [4.78, 5) is 26.8. The summed E-state index contributed by atoms with van der Waals surface area (Å²) >= 11 is 18.1. The monoisotopic (exact) mass is 426 g/mol. The van der Waals surface area contributed by atoms with E-state index in [0.29, 0.717) is 21.6 Å². The van der Waals surface area contributed by atoms with Gasteiger partial charge in [-0.3, -0.25) is 9.59 Å². The Morgan fingerprint density at radius 1 is 1.04 bits per heavy atom. The molecule has 0 saturated heterocycles. The number of benzene rings is 2. The van der Waals surface area contributed by atoms with Crippen molar-refractivity contribution in [1.29, 1.82) is 0 Å². The van der Waals surface area contributed by atoms with E-state index in [-0.39, 0.29) is 24.8 Å². The second-order valence-corrected chi connectivity index (χ2v) is 7.41. The lowest BCUT2D eigenvalue weighted by molar-refractivity contribution is -0.140. The number of rotatable bonds is 7. The lowest BCUT2D eigenvalue weighted by Gasteiger charge is -2.29. The molecule has 7 heteroatoms. The number of carbonyl (C=O) groups excluding carboxylic acids is 2. The van der Waals surface area contributed by atoms with Crippen molar-refractivity contribution in [2.45, 2.75) is 32.9 Å². The fraction of sp³-hybridized carbons (Fsp3) is 0.300. The lowest BCUT2D eigenvalue weighted by atomic mass is 10.1. The van der Waals surface area contributed by atoms with Crippen LogP contribution in [0.3, 0.4) is 0 Å². The molecule has 0 heterocycles. The molecule has 2 rings (SSSR count). The van der Waals surface area contributed by atoms with Gasteiger partial charge in [-0.1, -0.05) is 53.0 Å². The van der Waals surface area contributed by atoms with E-state index in [9.17, 15) is 9.59 Å². The van der Waals surface area contributed by atoms with E-state index < -0.39 is 6.04 Å². The molecule has 0 fully saturated rings. The normalized spacial score (nSPS) is 11.7. The minimum Gasteiger partial charge on any atom is -0.355 e. The molecule has 2 aromatic rings. The van der Waals surface area contributed by atoms with Gasteiger partial charge in [0.1, 0.15) is 6.04 Å². The zero-order valence-corrected chi connectivity index (χ0v) is 17.4. The Morgan fingerprint density at radius 2 is 1.67 bits per heavy atom. The minimum atomic E-state index is -0.642. The maximum Gasteiger partial charge on any atom is 0.242 e. The van der Waals surface area contributed by atoms with Crippen LogP contribution in [0.15, 0.2) is 42.5 Å². The van der Waals surface area contributed by atoms with Crippen molar-refractivity contribution in [1.82, 2.24) is 10.2 Å². The van der Waals surface area contributed by atoms with Crippen molar-refractivity contribution in [2.24, 2.45) is 0 Å². The Bertz CT molecular complexity index is 809. The van der Waals surface area contributed by atoms with Crippen LogP contribution in [0.25, 0.3) is 0 Å². The van der Waals surface area contributed by atoms with E-state index in [4.69, 9.17) is 34.8 Å². The van der Waals surface area contributed by atoms with E-state index in [2.05, 4.69) is 5.32 Å². The largest absolute Gasteiger partial charge is 0.355 e. The number of hydrogen-bond donors (Lipinski definition) is 1. The predicted molar refractivity (Wildman–Crippen MR) is 110 cm³/mol. The highest BCUT2D eigenvalue weighted by Gasteiger charge is 2.26. The Kier molecular flexibility index (Phi) is 7.96. The summed E-state index contributed by atoms with van der Waals surface area (Å²) in [6.07, 6.45) is 0.159. The highest BCUT2D eigenvalue weighted by atomic mass is 35.5. The van der Waals surface area contributed by atoms with E-state index >= 15 is 0 Å². The summed E-state index contributed by atoms with van der Waals surface area (Å²) in [5.74, 6) is -0.394. The van der Waals surface area contributed by atoms with Crippen LogP contribution in [0, 0.1) is 0 Å². The Labute approximate surface area is 174 Å². The molecule has 0 spiro atoms. The molecule has 1 N–H and O–H groups in total. The third-order valence-corrected chi connectivity index (χ3v) is 4.98. The maximum atomic E-state index is 13.0. The third kappa shape index (κ3) is 6.13. The molecule has 4 nitrogen and oxygen atoms in total. The van der Waals surface area contributed by atoms with Crippen molar-refractivity contribution in [3.63, 3.8) is 0 Å². The summed E-state index contributed by atoms with van der Waals surface area (Å²) in [6, 6.07) is 11.5. The molecule has 0 bridgehead atoms. The number of likely N-dealkylation sites (N-methyl/N-ethyl adjacent to an activating group) is 1. The Morgan fingerprint density at radius 3 is 2.26 bits per heavy atom. The van der Waals surface area contributed by atoms with Crippen molar-refractivity contribution in [3.05, 3.63) is 68.7 Å². The fourth-order valence-corrected chi connectivity index (χ4v) is 3.21. The van der Waals surface area contributed by atoms with Gasteiger partial charge in [0.25, 0.3) is 0 Å². The minimum absolute atomic E-state index is 0.159. The average molecular weight is 428 g/mol. The summed E-state index contributed by atoms with van der Waals surface area (Å²) in [5, 5.41) is 4.33. The first kappa shape index (κ1) is 21.5. The van der Waals surface area contributed by atoms with Crippen molar-refractivity contribution in [2.75, 3.05) is 6.54 Å². The second-order valence-electron chi connectivity index (χ2n) is 6.13. The summed E-state index contributed by atoms with van der Waals surface area (Å²) in [6.45, 7) is 4.24. The standard InChI is InChI=1S/C20H21Cl3N2O2/c1-3-24-20(27)13(2)25(12-15-6-9-17(22)11-18(15)23)19(26)10-14-4-7-16(21)8-5-14/h4-9,11,13H,3,10,12H2,1-2H3,(H,24,27). The van der Waals surface area contributed by atoms with Gasteiger partial charge in [0.05, 0.1) is 6.42 Å². The first-order valence-corrected chi connectivity index (χ1v) is 9.70. The molecule has 0 saturated carbocycles. The number of amides is 2. The van der Waals surface area contributed by atoms with Gasteiger partial charge in [0, 0.05) is 28.2 Å². The van der Waals surface area contributed by atoms with E-state index in [1.807, 2.05) is 6.92 Å². The van der Waals surface area contributed by atoms with Crippen LogP contribution in [0.2, 0.25) is 15.1 Å². The van der Waals surface area contributed by atoms with Crippen LogP contribution in [0.5, 0.6) is 0 Å². The average Bonchev–Trinajstić information content (AvgIpc) is 2.62. The Balaban J connectivity index is 2.26. The first-order chi connectivity index (χ1) is 12.8. The molecule has 1 unspecified atom stereocenters. The van der Waals surface area contributed by atoms with Crippen LogP contribution in [-0.4, -0.2) is 29.3 Å². The maximum absolute atomic E-state index is 13.0. The zero-order valence-electron chi connectivity index (χ0n) is 15.1. The number of halogens is 3. The van der Waals surface area contributed by atoms with Gasteiger partial charge in [-0.2, -0.15) is 0 Å². The number of carbonyl (C=O) groups is 2. The zero-order chi connectivity index (χ0) is 20.0. The number of nitrogens with zero attached hydrogens (tertiary/aromatic N) is 1. The van der Waals surface area contributed by atoms with Gasteiger partial charge < -0.3 is 10.2 Å². The van der Waals surface area contributed by atoms with E-state index in [1.165, 1.54) is 4.90 Å². The fourth-order valence-electron chi connectivity index (χ4n) is 2.62. The van der Waals surface area contributed by atoms with Crippen LogP contribution >= 0.6 is 34.8 Å². The highest BCUT2D eigenvalue weighted by Crippen LogP contribution is 2.23. The summed E-state index contributed by atoms with van der Waals surface area (Å²) in [5.41, 5.74) is 1.54. The molecule has 144 valence electrons. The van der Waals surface area contributed by atoms with Gasteiger partial charge in [-0.05, 0) is 49.2 Å². The molecule has 0 aliphatic rings. The van der Waals surface area contributed by atoms with E-state index in [1.54, 1.807) is 49.4 Å². The van der Waals surface area contributed by atoms with E-state index in [0.717, 1.165) is 11.1 Å². The van der Waals surface area contributed by atoms with Crippen molar-refractivity contribution < 1.29 is 9.59 Å². The third-order valence-electron chi connectivity index (χ3n) is 4.14. The van der Waals surface area contributed by atoms with Crippen molar-refractivity contribution >= 4 is 46.6 Å². The summed E-state index contributed by atoms with van der Waals surface area (Å²) in [7, 11) is 0. The molecule has 1 atom stereocenters. The molecule has 0 aliphatic carbocycles. The first-order valence-electron chi connectivity index (χ1n) is 8.57. The van der Waals surface area contributed by atoms with Crippen LogP contribution < -0.4 is 5.32 Å². The van der Waals surface area contributed by atoms with Gasteiger partial charge in [0.15, 0.2) is 0 Å².